The van der Waals surface area contributed by atoms with Crippen molar-refractivity contribution in [3.8, 4) is 11.8 Å². The maximum absolute atomic E-state index is 12.3. The summed E-state index contributed by atoms with van der Waals surface area (Å²) in [5.74, 6) is 1.59. The predicted molar refractivity (Wildman–Crippen MR) is 150 cm³/mol. The quantitative estimate of drug-likeness (QED) is 0.156. The molecule has 1 aromatic heterocycles. The molecule has 38 heavy (non-hydrogen) atoms. The van der Waals surface area contributed by atoms with Crippen LogP contribution in [-0.4, -0.2) is 45.1 Å². The van der Waals surface area contributed by atoms with Crippen molar-refractivity contribution in [2.75, 3.05) is 23.9 Å². The number of hydrogen-bond acceptors (Lipinski definition) is 8. The van der Waals surface area contributed by atoms with Crippen LogP contribution in [0.1, 0.15) is 74.3 Å². The van der Waals surface area contributed by atoms with Gasteiger partial charge in [0.15, 0.2) is 0 Å². The molecular formula is C29H35BrN4O4. The van der Waals surface area contributed by atoms with Gasteiger partial charge in [-0.25, -0.2) is 4.79 Å². The Bertz CT molecular complexity index is 1220. The number of aromatic nitrogens is 3. The van der Waals surface area contributed by atoms with Gasteiger partial charge in [0.25, 0.3) is 0 Å². The highest BCUT2D eigenvalue weighted by Gasteiger charge is 2.45. The van der Waals surface area contributed by atoms with E-state index in [9.17, 15) is 4.79 Å². The Morgan fingerprint density at radius 1 is 1.00 bits per heavy atom. The van der Waals surface area contributed by atoms with E-state index in [1.807, 2.05) is 52.0 Å². The van der Waals surface area contributed by atoms with Gasteiger partial charge in [0.05, 0.1) is 24.3 Å². The number of anilines is 1. The van der Waals surface area contributed by atoms with Crippen LogP contribution in [0.25, 0.3) is 0 Å². The number of benzene rings is 2. The van der Waals surface area contributed by atoms with E-state index < -0.39 is 5.60 Å². The van der Waals surface area contributed by atoms with Crippen molar-refractivity contribution in [2.24, 2.45) is 0 Å². The van der Waals surface area contributed by atoms with E-state index in [2.05, 4.69) is 43.3 Å². The Balaban J connectivity index is 1.47. The van der Waals surface area contributed by atoms with Crippen molar-refractivity contribution < 1.29 is 19.0 Å². The molecule has 1 heterocycles. The standard InChI is InChI=1S/C29H35BrN4O4/c1-5-36-27-32-24(19-20-7-9-21(10-8-20)25(35)38-28(2,3)4)31-26(33-27)34-29(15-16-29)22-11-13-23(14-12-22)37-18-6-17-30/h7-14H,5-6,15-19H2,1-4H3,(H,31,32,33,34). The molecule has 8 nitrogen and oxygen atoms in total. The first kappa shape index (κ1) is 27.8. The molecule has 0 unspecified atom stereocenters. The minimum Gasteiger partial charge on any atom is -0.494 e. The van der Waals surface area contributed by atoms with Crippen LogP contribution in [0.3, 0.4) is 0 Å². The van der Waals surface area contributed by atoms with Gasteiger partial charge in [0.1, 0.15) is 17.2 Å². The van der Waals surface area contributed by atoms with Crippen molar-refractivity contribution >= 4 is 27.8 Å². The summed E-state index contributed by atoms with van der Waals surface area (Å²) in [6, 6.07) is 15.8. The number of halogens is 1. The third-order valence-electron chi connectivity index (χ3n) is 5.94. The van der Waals surface area contributed by atoms with Gasteiger partial charge in [-0.2, -0.15) is 15.0 Å². The first-order valence-electron chi connectivity index (χ1n) is 13.0. The lowest BCUT2D eigenvalue weighted by Crippen LogP contribution is -2.23. The SMILES string of the molecule is CCOc1nc(Cc2ccc(C(=O)OC(C)(C)C)cc2)nc(NC2(c3ccc(OCCCBr)cc3)CC2)n1. The highest BCUT2D eigenvalue weighted by molar-refractivity contribution is 9.09. The summed E-state index contributed by atoms with van der Waals surface area (Å²) in [5.41, 5.74) is 1.89. The van der Waals surface area contributed by atoms with E-state index in [0.717, 1.165) is 35.9 Å². The molecular weight excluding hydrogens is 548 g/mol. The van der Waals surface area contributed by atoms with Crippen LogP contribution in [0.5, 0.6) is 11.8 Å². The highest BCUT2D eigenvalue weighted by atomic mass is 79.9. The zero-order valence-corrected chi connectivity index (χ0v) is 24.0. The van der Waals surface area contributed by atoms with E-state index in [4.69, 9.17) is 19.2 Å². The van der Waals surface area contributed by atoms with E-state index in [0.29, 0.717) is 37.0 Å². The van der Waals surface area contributed by atoms with Crippen LogP contribution in [0.4, 0.5) is 5.95 Å². The number of rotatable bonds is 12. The molecule has 202 valence electrons. The van der Waals surface area contributed by atoms with E-state index in [-0.39, 0.29) is 17.5 Å². The van der Waals surface area contributed by atoms with Crippen molar-refractivity contribution in [3.05, 3.63) is 71.0 Å². The molecule has 4 rings (SSSR count). The Hall–Kier alpha value is -3.20. The normalized spacial score (nSPS) is 14.0. The number of alkyl halides is 1. The predicted octanol–water partition coefficient (Wildman–Crippen LogP) is 6.08. The van der Waals surface area contributed by atoms with Gasteiger partial charge in [-0.1, -0.05) is 40.2 Å². The fourth-order valence-electron chi connectivity index (χ4n) is 3.94. The van der Waals surface area contributed by atoms with Crippen LogP contribution in [0.15, 0.2) is 48.5 Å². The van der Waals surface area contributed by atoms with Crippen LogP contribution >= 0.6 is 15.9 Å². The largest absolute Gasteiger partial charge is 0.494 e. The molecule has 0 atom stereocenters. The van der Waals surface area contributed by atoms with Crippen molar-refractivity contribution in [1.82, 2.24) is 15.0 Å². The second-order valence-corrected chi connectivity index (χ2v) is 11.1. The zero-order chi connectivity index (χ0) is 27.2. The topological polar surface area (TPSA) is 95.5 Å². The van der Waals surface area contributed by atoms with Gasteiger partial charge < -0.3 is 19.5 Å². The molecule has 1 aliphatic rings. The maximum atomic E-state index is 12.3. The van der Waals surface area contributed by atoms with Gasteiger partial charge in [-0.15, -0.1) is 0 Å². The molecule has 0 aliphatic heterocycles. The van der Waals surface area contributed by atoms with Crippen LogP contribution in [-0.2, 0) is 16.7 Å². The Labute approximate surface area is 232 Å². The minimum atomic E-state index is -0.540. The average molecular weight is 584 g/mol. The number of esters is 1. The lowest BCUT2D eigenvalue weighted by Gasteiger charge is -2.19. The van der Waals surface area contributed by atoms with Crippen LogP contribution < -0.4 is 14.8 Å². The molecule has 1 N–H and O–H groups in total. The Morgan fingerprint density at radius 2 is 1.71 bits per heavy atom. The molecule has 0 bridgehead atoms. The Kier molecular flexibility index (Phi) is 8.87. The maximum Gasteiger partial charge on any atom is 0.338 e. The van der Waals surface area contributed by atoms with Crippen LogP contribution in [0, 0.1) is 0 Å². The summed E-state index contributed by atoms with van der Waals surface area (Å²) in [6.07, 6.45) is 3.39. The smallest absolute Gasteiger partial charge is 0.338 e. The fourth-order valence-corrected chi connectivity index (χ4v) is 4.17. The molecule has 9 heteroatoms. The number of nitrogens with one attached hydrogen (secondary N) is 1. The monoisotopic (exact) mass is 582 g/mol. The second kappa shape index (κ2) is 12.1. The molecule has 0 amide bonds. The zero-order valence-electron chi connectivity index (χ0n) is 22.4. The molecule has 1 fully saturated rings. The summed E-state index contributed by atoms with van der Waals surface area (Å²) in [4.78, 5) is 26.0. The lowest BCUT2D eigenvalue weighted by atomic mass is 10.1. The van der Waals surface area contributed by atoms with E-state index >= 15 is 0 Å². The minimum absolute atomic E-state index is 0.217. The first-order valence-corrected chi connectivity index (χ1v) is 14.1. The highest BCUT2D eigenvalue weighted by Crippen LogP contribution is 2.48. The third kappa shape index (κ3) is 7.66. The van der Waals surface area contributed by atoms with E-state index in [1.165, 1.54) is 5.56 Å². The number of ether oxygens (including phenoxy) is 3. The summed E-state index contributed by atoms with van der Waals surface area (Å²) < 4.78 is 16.9. The summed E-state index contributed by atoms with van der Waals surface area (Å²) in [6.45, 7) is 8.59. The number of hydrogen-bond donors (Lipinski definition) is 1. The second-order valence-electron chi connectivity index (χ2n) is 10.3. The van der Waals surface area contributed by atoms with Gasteiger partial charge in [0.2, 0.25) is 5.95 Å². The van der Waals surface area contributed by atoms with Crippen molar-refractivity contribution in [2.45, 2.75) is 64.5 Å². The summed E-state index contributed by atoms with van der Waals surface area (Å²) in [5, 5.41) is 4.46. The van der Waals surface area contributed by atoms with Gasteiger partial charge in [-0.3, -0.25) is 0 Å². The number of carbonyl (C=O) groups excluding carboxylic acids is 1. The third-order valence-corrected chi connectivity index (χ3v) is 6.50. The van der Waals surface area contributed by atoms with Gasteiger partial charge in [0, 0.05) is 11.8 Å². The fraction of sp³-hybridized carbons (Fsp3) is 0.448. The lowest BCUT2D eigenvalue weighted by molar-refractivity contribution is 0.00695. The molecule has 1 aliphatic carbocycles. The summed E-state index contributed by atoms with van der Waals surface area (Å²) >= 11 is 3.42. The van der Waals surface area contributed by atoms with Crippen molar-refractivity contribution in [1.29, 1.82) is 0 Å². The molecule has 0 radical (unpaired) electrons. The Morgan fingerprint density at radius 3 is 2.32 bits per heavy atom. The van der Waals surface area contributed by atoms with E-state index in [1.54, 1.807) is 12.1 Å². The van der Waals surface area contributed by atoms with Crippen LogP contribution in [0.2, 0.25) is 0 Å². The molecule has 2 aromatic carbocycles. The molecule has 0 saturated heterocycles. The molecule has 0 spiro atoms. The molecule has 3 aromatic rings. The molecule has 1 saturated carbocycles. The summed E-state index contributed by atoms with van der Waals surface area (Å²) in [7, 11) is 0. The first-order chi connectivity index (χ1) is 18.2. The number of nitrogens with zero attached hydrogens (tertiary/aromatic N) is 3. The average Bonchev–Trinajstić information content (AvgIpc) is 3.64. The van der Waals surface area contributed by atoms with Crippen molar-refractivity contribution in [3.63, 3.8) is 0 Å². The number of carbonyl (C=O) groups is 1. The van der Waals surface area contributed by atoms with Gasteiger partial charge >= 0.3 is 12.0 Å². The van der Waals surface area contributed by atoms with Gasteiger partial charge in [-0.05, 0) is 82.3 Å².